The molecule has 0 spiro atoms. The number of amides is 1. The third-order valence-electron chi connectivity index (χ3n) is 2.19. The molecule has 5 nitrogen and oxygen atoms in total. The molecule has 1 heterocycles. The number of hydrazone groups is 1. The molecule has 1 aliphatic rings. The van der Waals surface area contributed by atoms with Crippen molar-refractivity contribution in [3.05, 3.63) is 24.3 Å². The van der Waals surface area contributed by atoms with Crippen LogP contribution in [0.1, 0.15) is 13.3 Å². The average molecular weight is 260 g/mol. The van der Waals surface area contributed by atoms with Crippen molar-refractivity contribution in [1.82, 2.24) is 0 Å². The summed E-state index contributed by atoms with van der Waals surface area (Å²) in [4.78, 5) is 11.7. The predicted octanol–water partition coefficient (Wildman–Crippen LogP) is -1.96. The standard InChI is InChI=1S/C10H10N2O3S.Na/c1-7-6-10(13)12(11-7)8-2-4-9(5-3-8)16(14)15;/h2-5H,6H2,1H3,(H,14,15);/q;+1/p-1. The maximum atomic E-state index is 11.5. The van der Waals surface area contributed by atoms with Crippen LogP contribution in [0.3, 0.4) is 0 Å². The van der Waals surface area contributed by atoms with Gasteiger partial charge in [-0.15, -0.1) is 0 Å². The van der Waals surface area contributed by atoms with Gasteiger partial charge in [0.05, 0.1) is 12.1 Å². The SMILES string of the molecule is CC1=NN(c2ccc(S(=O)[O-])cc2)C(=O)C1.[Na+]. The second-order valence-corrected chi connectivity index (χ2v) is 4.39. The van der Waals surface area contributed by atoms with Crippen LogP contribution in [-0.2, 0) is 15.9 Å². The van der Waals surface area contributed by atoms with E-state index in [-0.39, 0.29) is 40.4 Å². The Morgan fingerprint density at radius 2 is 1.94 bits per heavy atom. The summed E-state index contributed by atoms with van der Waals surface area (Å²) in [6.07, 6.45) is 0.315. The number of hydrogen-bond acceptors (Lipinski definition) is 4. The molecular formula is C10H9N2NaO3S. The molecule has 7 heteroatoms. The largest absolute Gasteiger partial charge is 1.00 e. The molecule has 17 heavy (non-hydrogen) atoms. The Morgan fingerprint density at radius 1 is 1.35 bits per heavy atom. The minimum Gasteiger partial charge on any atom is -0.768 e. The summed E-state index contributed by atoms with van der Waals surface area (Å²) < 4.78 is 21.3. The van der Waals surface area contributed by atoms with Crippen molar-refractivity contribution in [1.29, 1.82) is 0 Å². The Hall–Kier alpha value is -0.530. The number of anilines is 1. The first-order chi connectivity index (χ1) is 7.58. The molecule has 1 atom stereocenters. The molecule has 0 bridgehead atoms. The van der Waals surface area contributed by atoms with Crippen LogP contribution >= 0.6 is 0 Å². The maximum Gasteiger partial charge on any atom is 1.00 e. The second kappa shape index (κ2) is 5.88. The van der Waals surface area contributed by atoms with Gasteiger partial charge in [-0.05, 0) is 42.3 Å². The fourth-order valence-corrected chi connectivity index (χ4v) is 1.81. The summed E-state index contributed by atoms with van der Waals surface area (Å²) in [5.41, 5.74) is 1.33. The van der Waals surface area contributed by atoms with Gasteiger partial charge < -0.3 is 4.55 Å². The van der Waals surface area contributed by atoms with Gasteiger partial charge in [0.1, 0.15) is 0 Å². The van der Waals surface area contributed by atoms with E-state index in [1.807, 2.05) is 0 Å². The number of hydrogen-bond donors (Lipinski definition) is 0. The van der Waals surface area contributed by atoms with Gasteiger partial charge in [-0.3, -0.25) is 9.00 Å². The zero-order valence-corrected chi connectivity index (χ0v) is 12.4. The Balaban J connectivity index is 0.00000144. The van der Waals surface area contributed by atoms with E-state index in [0.717, 1.165) is 5.71 Å². The van der Waals surface area contributed by atoms with E-state index in [2.05, 4.69) is 5.10 Å². The van der Waals surface area contributed by atoms with Crippen LogP contribution in [0.4, 0.5) is 5.69 Å². The van der Waals surface area contributed by atoms with Gasteiger partial charge in [-0.25, -0.2) is 5.01 Å². The van der Waals surface area contributed by atoms with Gasteiger partial charge in [0.25, 0.3) is 5.91 Å². The summed E-state index contributed by atoms with van der Waals surface area (Å²) in [5, 5.41) is 5.35. The normalized spacial score (nSPS) is 16.5. The third-order valence-corrected chi connectivity index (χ3v) is 2.84. The second-order valence-electron chi connectivity index (χ2n) is 3.45. The van der Waals surface area contributed by atoms with Crippen molar-refractivity contribution in [2.24, 2.45) is 5.10 Å². The minimum atomic E-state index is -2.24. The predicted molar refractivity (Wildman–Crippen MR) is 58.8 cm³/mol. The molecule has 1 unspecified atom stereocenters. The quantitative estimate of drug-likeness (QED) is 0.458. The zero-order valence-electron chi connectivity index (χ0n) is 9.54. The topological polar surface area (TPSA) is 72.8 Å². The van der Waals surface area contributed by atoms with Crippen LogP contribution in [0, 0.1) is 0 Å². The molecule has 0 aromatic heterocycles. The fraction of sp³-hybridized carbons (Fsp3) is 0.200. The molecule has 2 rings (SSSR count). The van der Waals surface area contributed by atoms with Crippen molar-refractivity contribution in [3.63, 3.8) is 0 Å². The van der Waals surface area contributed by atoms with E-state index in [4.69, 9.17) is 0 Å². The first-order valence-electron chi connectivity index (χ1n) is 4.64. The van der Waals surface area contributed by atoms with E-state index in [0.29, 0.717) is 12.1 Å². The van der Waals surface area contributed by atoms with Gasteiger partial charge in [-0.1, -0.05) is 0 Å². The number of nitrogens with zero attached hydrogens (tertiary/aromatic N) is 2. The molecule has 0 saturated heterocycles. The van der Waals surface area contributed by atoms with E-state index in [9.17, 15) is 13.6 Å². The van der Waals surface area contributed by atoms with Crippen LogP contribution < -0.4 is 34.6 Å². The van der Waals surface area contributed by atoms with Crippen molar-refractivity contribution in [2.45, 2.75) is 18.2 Å². The van der Waals surface area contributed by atoms with E-state index >= 15 is 0 Å². The van der Waals surface area contributed by atoms with Crippen molar-refractivity contribution >= 4 is 28.4 Å². The maximum absolute atomic E-state index is 11.5. The number of carbonyl (C=O) groups is 1. The molecule has 0 aliphatic carbocycles. The van der Waals surface area contributed by atoms with Crippen molar-refractivity contribution in [2.75, 3.05) is 5.01 Å². The Bertz CT molecular complexity index is 487. The molecule has 0 N–H and O–H groups in total. The molecule has 1 aromatic carbocycles. The summed E-state index contributed by atoms with van der Waals surface area (Å²) in [6.45, 7) is 1.78. The summed E-state index contributed by atoms with van der Waals surface area (Å²) in [5.74, 6) is -0.103. The van der Waals surface area contributed by atoms with Crippen molar-refractivity contribution in [3.8, 4) is 0 Å². The summed E-state index contributed by atoms with van der Waals surface area (Å²) in [6, 6.07) is 6.00. The molecule has 84 valence electrons. The zero-order chi connectivity index (χ0) is 11.7. The monoisotopic (exact) mass is 260 g/mol. The third kappa shape index (κ3) is 3.23. The van der Waals surface area contributed by atoms with Gasteiger partial charge in [-0.2, -0.15) is 5.10 Å². The molecule has 1 aromatic rings. The van der Waals surface area contributed by atoms with Crippen LogP contribution in [-0.4, -0.2) is 20.4 Å². The van der Waals surface area contributed by atoms with Crippen LogP contribution in [0.15, 0.2) is 34.3 Å². The molecule has 1 aliphatic heterocycles. The van der Waals surface area contributed by atoms with Crippen LogP contribution in [0.2, 0.25) is 0 Å². The summed E-state index contributed by atoms with van der Waals surface area (Å²) >= 11 is -2.24. The Kier molecular flexibility index (Phi) is 5.03. The fourth-order valence-electron chi connectivity index (χ4n) is 1.46. The van der Waals surface area contributed by atoms with E-state index < -0.39 is 11.1 Å². The number of carbonyl (C=O) groups excluding carboxylic acids is 1. The minimum absolute atomic E-state index is 0. The van der Waals surface area contributed by atoms with E-state index in [1.165, 1.54) is 17.1 Å². The Labute approximate surface area is 123 Å². The Morgan fingerprint density at radius 3 is 2.35 bits per heavy atom. The summed E-state index contributed by atoms with van der Waals surface area (Å²) in [7, 11) is 0. The molecule has 0 saturated carbocycles. The first kappa shape index (κ1) is 14.5. The number of benzene rings is 1. The molecule has 1 amide bonds. The van der Waals surface area contributed by atoms with Crippen molar-refractivity contribution < 1.29 is 43.1 Å². The average Bonchev–Trinajstić information content (AvgIpc) is 2.58. The number of rotatable bonds is 2. The molecule has 0 fully saturated rings. The van der Waals surface area contributed by atoms with E-state index in [1.54, 1.807) is 19.1 Å². The molecular weight excluding hydrogens is 251 g/mol. The van der Waals surface area contributed by atoms with Gasteiger partial charge in [0.15, 0.2) is 0 Å². The van der Waals surface area contributed by atoms with Gasteiger partial charge in [0, 0.05) is 10.6 Å². The van der Waals surface area contributed by atoms with Gasteiger partial charge in [0.2, 0.25) is 0 Å². The van der Waals surface area contributed by atoms with Crippen LogP contribution in [0.25, 0.3) is 0 Å². The van der Waals surface area contributed by atoms with Gasteiger partial charge >= 0.3 is 29.6 Å². The molecule has 0 radical (unpaired) electrons. The van der Waals surface area contributed by atoms with Crippen LogP contribution in [0.5, 0.6) is 0 Å². The first-order valence-corrected chi connectivity index (χ1v) is 5.72. The smallest absolute Gasteiger partial charge is 0.768 e.